The Kier molecular flexibility index (Phi) is 1.53. The Hall–Kier alpha value is -1.25. The van der Waals surface area contributed by atoms with Crippen LogP contribution in [0.25, 0.3) is 0 Å². The lowest BCUT2D eigenvalue weighted by molar-refractivity contribution is -0.117. The van der Waals surface area contributed by atoms with Crippen molar-refractivity contribution in [2.45, 2.75) is 6.42 Å². The highest BCUT2D eigenvalue weighted by atomic mass is 16.5. The van der Waals surface area contributed by atoms with Crippen LogP contribution in [-0.4, -0.2) is 5.91 Å². The molecule has 0 radical (unpaired) electrons. The van der Waals surface area contributed by atoms with Crippen molar-refractivity contribution >= 4 is 5.91 Å². The molecular formula is C6H7NO2. The average molecular weight is 125 g/mol. The summed E-state index contributed by atoms with van der Waals surface area (Å²) < 4.78 is 4.75. The smallest absolute Gasteiger partial charge is 0.284 e. The lowest BCUT2D eigenvalue weighted by atomic mass is 10.3. The van der Waals surface area contributed by atoms with E-state index >= 15 is 0 Å². The number of ether oxygens (including phenoxy) is 1. The third-order valence-corrected chi connectivity index (χ3v) is 0.973. The Bertz CT molecular complexity index is 181. The molecule has 1 aliphatic heterocycles. The highest BCUT2D eigenvalue weighted by molar-refractivity contribution is 5.90. The zero-order valence-corrected chi connectivity index (χ0v) is 4.83. The Morgan fingerprint density at radius 2 is 2.56 bits per heavy atom. The van der Waals surface area contributed by atoms with Gasteiger partial charge in [-0.15, -0.1) is 0 Å². The van der Waals surface area contributed by atoms with Crippen molar-refractivity contribution < 1.29 is 9.53 Å². The van der Waals surface area contributed by atoms with Gasteiger partial charge in [-0.1, -0.05) is 0 Å². The average Bonchev–Trinajstić information content (AvgIpc) is 1.90. The molecule has 0 fully saturated rings. The summed E-state index contributed by atoms with van der Waals surface area (Å²) in [6, 6.07) is 0. The molecule has 0 saturated heterocycles. The molecule has 0 unspecified atom stereocenters. The van der Waals surface area contributed by atoms with Crippen LogP contribution in [0.1, 0.15) is 6.42 Å². The van der Waals surface area contributed by atoms with Crippen LogP contribution in [0.15, 0.2) is 24.2 Å². The number of nitrogens with two attached hydrogens (primary N) is 1. The molecule has 0 atom stereocenters. The van der Waals surface area contributed by atoms with Gasteiger partial charge in [-0.3, -0.25) is 4.79 Å². The van der Waals surface area contributed by atoms with E-state index in [2.05, 4.69) is 0 Å². The van der Waals surface area contributed by atoms with E-state index in [0.717, 1.165) is 6.42 Å². The second-order valence-corrected chi connectivity index (χ2v) is 1.66. The predicted octanol–water partition coefficient (Wildman–Crippen LogP) is 0.290. The predicted molar refractivity (Wildman–Crippen MR) is 32.1 cm³/mol. The van der Waals surface area contributed by atoms with Gasteiger partial charge in [0.25, 0.3) is 5.91 Å². The molecule has 1 amide bonds. The third-order valence-electron chi connectivity index (χ3n) is 0.973. The fourth-order valence-corrected chi connectivity index (χ4v) is 0.559. The van der Waals surface area contributed by atoms with Crippen LogP contribution in [0.4, 0.5) is 0 Å². The van der Waals surface area contributed by atoms with Crippen molar-refractivity contribution in [1.29, 1.82) is 0 Å². The van der Waals surface area contributed by atoms with Gasteiger partial charge in [0.2, 0.25) is 0 Å². The summed E-state index contributed by atoms with van der Waals surface area (Å²) in [4.78, 5) is 10.3. The molecule has 0 saturated carbocycles. The number of allylic oxidation sites excluding steroid dienone is 2. The quantitative estimate of drug-likeness (QED) is 0.547. The Labute approximate surface area is 52.8 Å². The Morgan fingerprint density at radius 3 is 2.89 bits per heavy atom. The van der Waals surface area contributed by atoms with Crippen molar-refractivity contribution in [3.8, 4) is 0 Å². The lowest BCUT2D eigenvalue weighted by Gasteiger charge is -2.03. The van der Waals surface area contributed by atoms with Crippen molar-refractivity contribution in [1.82, 2.24) is 0 Å². The van der Waals surface area contributed by atoms with Gasteiger partial charge in [0.15, 0.2) is 5.76 Å². The maximum Gasteiger partial charge on any atom is 0.284 e. The topological polar surface area (TPSA) is 52.3 Å². The minimum atomic E-state index is -0.514. The minimum Gasteiger partial charge on any atom is -0.460 e. The summed E-state index contributed by atoms with van der Waals surface area (Å²) in [6.07, 6.45) is 5.62. The van der Waals surface area contributed by atoms with Gasteiger partial charge >= 0.3 is 0 Å². The van der Waals surface area contributed by atoms with Crippen molar-refractivity contribution in [2.24, 2.45) is 5.73 Å². The van der Waals surface area contributed by atoms with Crippen LogP contribution in [0.5, 0.6) is 0 Å². The number of hydrogen-bond acceptors (Lipinski definition) is 2. The van der Waals surface area contributed by atoms with Gasteiger partial charge < -0.3 is 10.5 Å². The normalized spacial score (nSPS) is 16.2. The largest absolute Gasteiger partial charge is 0.460 e. The van der Waals surface area contributed by atoms with E-state index < -0.39 is 5.91 Å². The molecule has 3 heteroatoms. The summed E-state index contributed by atoms with van der Waals surface area (Å²) in [5.74, 6) is -0.281. The van der Waals surface area contributed by atoms with Crippen LogP contribution in [0.2, 0.25) is 0 Å². The van der Waals surface area contributed by atoms with E-state index in [9.17, 15) is 4.79 Å². The molecule has 1 aliphatic rings. The second kappa shape index (κ2) is 2.35. The van der Waals surface area contributed by atoms with Gasteiger partial charge in [-0.25, -0.2) is 0 Å². The lowest BCUT2D eigenvalue weighted by Crippen LogP contribution is -2.15. The number of hydrogen-bond donors (Lipinski definition) is 1. The van der Waals surface area contributed by atoms with Gasteiger partial charge in [0.1, 0.15) is 0 Å². The SMILES string of the molecule is NC(=O)C1=CCC=CO1. The first-order valence-electron chi connectivity index (χ1n) is 2.62. The number of carbonyl (C=O) groups excluding carboxylic acids is 1. The number of carbonyl (C=O) groups is 1. The van der Waals surface area contributed by atoms with Crippen LogP contribution < -0.4 is 5.73 Å². The molecule has 0 aromatic heterocycles. The molecule has 1 rings (SSSR count). The minimum absolute atomic E-state index is 0.234. The van der Waals surface area contributed by atoms with Gasteiger partial charge in [-0.2, -0.15) is 0 Å². The van der Waals surface area contributed by atoms with Gasteiger partial charge in [0.05, 0.1) is 6.26 Å². The van der Waals surface area contributed by atoms with Crippen LogP contribution >= 0.6 is 0 Å². The molecule has 0 spiro atoms. The van der Waals surface area contributed by atoms with Crippen molar-refractivity contribution in [3.05, 3.63) is 24.2 Å². The zero-order valence-electron chi connectivity index (χ0n) is 4.83. The summed E-state index contributed by atoms with van der Waals surface area (Å²) in [7, 11) is 0. The fourth-order valence-electron chi connectivity index (χ4n) is 0.559. The van der Waals surface area contributed by atoms with Crippen LogP contribution in [0, 0.1) is 0 Å². The molecule has 3 nitrogen and oxygen atoms in total. The van der Waals surface area contributed by atoms with E-state index in [1.54, 1.807) is 12.2 Å². The fraction of sp³-hybridized carbons (Fsp3) is 0.167. The summed E-state index contributed by atoms with van der Waals surface area (Å²) in [5, 5.41) is 0. The highest BCUT2D eigenvalue weighted by Gasteiger charge is 2.04. The molecule has 0 bridgehead atoms. The molecule has 9 heavy (non-hydrogen) atoms. The number of amides is 1. The van der Waals surface area contributed by atoms with Crippen LogP contribution in [0.3, 0.4) is 0 Å². The van der Waals surface area contributed by atoms with Crippen LogP contribution in [-0.2, 0) is 9.53 Å². The van der Waals surface area contributed by atoms with E-state index in [4.69, 9.17) is 10.5 Å². The third kappa shape index (κ3) is 1.32. The molecule has 2 N–H and O–H groups in total. The zero-order chi connectivity index (χ0) is 6.69. The first kappa shape index (κ1) is 5.88. The maximum atomic E-state index is 10.3. The van der Waals surface area contributed by atoms with Gasteiger partial charge in [0, 0.05) is 0 Å². The summed E-state index contributed by atoms with van der Waals surface area (Å²) >= 11 is 0. The number of primary amides is 1. The Balaban J connectivity index is 2.61. The standard InChI is InChI=1S/C6H7NO2/c7-6(8)5-3-1-2-4-9-5/h2-4H,1H2,(H2,7,8). The molecule has 48 valence electrons. The molecule has 0 aromatic rings. The maximum absolute atomic E-state index is 10.3. The van der Waals surface area contributed by atoms with E-state index in [0.29, 0.717) is 0 Å². The van der Waals surface area contributed by atoms with Crippen molar-refractivity contribution in [3.63, 3.8) is 0 Å². The first-order chi connectivity index (χ1) is 4.30. The molecular weight excluding hydrogens is 118 g/mol. The first-order valence-corrected chi connectivity index (χ1v) is 2.62. The monoisotopic (exact) mass is 125 g/mol. The summed E-state index contributed by atoms with van der Waals surface area (Å²) in [5.41, 5.74) is 4.90. The Morgan fingerprint density at radius 1 is 1.78 bits per heavy atom. The van der Waals surface area contributed by atoms with E-state index in [-0.39, 0.29) is 5.76 Å². The summed E-state index contributed by atoms with van der Waals surface area (Å²) in [6.45, 7) is 0. The number of rotatable bonds is 1. The van der Waals surface area contributed by atoms with E-state index in [1.165, 1.54) is 6.26 Å². The highest BCUT2D eigenvalue weighted by Crippen LogP contribution is 2.05. The molecule has 1 heterocycles. The van der Waals surface area contributed by atoms with E-state index in [1.807, 2.05) is 0 Å². The molecule has 0 aromatic carbocycles. The van der Waals surface area contributed by atoms with Gasteiger partial charge in [-0.05, 0) is 18.6 Å². The second-order valence-electron chi connectivity index (χ2n) is 1.66. The van der Waals surface area contributed by atoms with Crippen molar-refractivity contribution in [2.75, 3.05) is 0 Å². The molecule has 0 aliphatic carbocycles.